The second kappa shape index (κ2) is 14.6. The zero-order chi connectivity index (χ0) is 48.0. The Labute approximate surface area is 373 Å². The van der Waals surface area contributed by atoms with Gasteiger partial charge in [-0.1, -0.05) is 206 Å². The minimum atomic E-state index is -0.876. The lowest BCUT2D eigenvalue weighted by molar-refractivity contribution is 0.768. The molecule has 62 heavy (non-hydrogen) atoms. The SMILES string of the molecule is [2H]c1c([2H])c(-c2cccc3ccccc23)c([2H])c(N(c2ccc3c(c2)C(c2ccccc2)(c2ccccc2)c2ccccc2-3)c2c([2H])c([2H])c(-c3cc4ccccc4c4ccccc34)c([2H])c2[2H])c1[2H]. The average Bonchev–Trinajstić information content (AvgIpc) is 3.70. The first-order valence-electron chi connectivity index (χ1n) is 24.9. The number of benzene rings is 11. The van der Waals surface area contributed by atoms with Gasteiger partial charge in [0, 0.05) is 17.1 Å². The minimum Gasteiger partial charge on any atom is -0.310 e. The molecule has 0 bridgehead atoms. The van der Waals surface area contributed by atoms with Gasteiger partial charge in [0.2, 0.25) is 0 Å². The fourth-order valence-electron chi connectivity index (χ4n) is 9.78. The first-order chi connectivity index (χ1) is 34.1. The number of fused-ring (bicyclic) bond motifs is 7. The van der Waals surface area contributed by atoms with Gasteiger partial charge in [-0.3, -0.25) is 0 Å². The molecule has 0 aliphatic heterocycles. The van der Waals surface area contributed by atoms with Gasteiger partial charge in [0.15, 0.2) is 0 Å². The summed E-state index contributed by atoms with van der Waals surface area (Å²) in [7, 11) is 0. The third-order valence-corrected chi connectivity index (χ3v) is 12.5. The predicted octanol–water partition coefficient (Wildman–Crippen LogP) is 16.3. The fraction of sp³-hybridized carbons (Fsp3) is 0.0164. The van der Waals surface area contributed by atoms with E-state index >= 15 is 0 Å². The summed E-state index contributed by atoms with van der Waals surface area (Å²) < 4.78 is 78.6. The van der Waals surface area contributed by atoms with Gasteiger partial charge in [-0.15, -0.1) is 0 Å². The van der Waals surface area contributed by atoms with Gasteiger partial charge >= 0.3 is 0 Å². The topological polar surface area (TPSA) is 3.24 Å². The Morgan fingerprint density at radius 3 is 1.71 bits per heavy atom. The largest absolute Gasteiger partial charge is 0.310 e. The molecule has 1 heteroatoms. The summed E-state index contributed by atoms with van der Waals surface area (Å²) in [5.74, 6) is 0. The summed E-state index contributed by atoms with van der Waals surface area (Å²) in [5, 5.41) is 5.19. The maximum Gasteiger partial charge on any atom is 0.0714 e. The Kier molecular flexibility index (Phi) is 6.71. The standard InChI is InChI=1S/C61H41N/c1-3-21-46(22-4-1)61(47-23-5-2-6-24-47)59-32-14-13-30-56(59)57-38-37-50(41-60(57)61)62(49-25-15-20-44(39-49)52-31-16-19-42-17-7-9-26-51(42)52)48-35-33-43(34-36-48)58-40-45-18-8-10-27-53(45)54-28-11-12-29-55(54)58/h1-41H/i15D,20D,25D,33D,34D,35D,36D,39D. The molecule has 290 valence electrons. The van der Waals surface area contributed by atoms with Gasteiger partial charge in [0.25, 0.3) is 0 Å². The molecule has 11 aromatic carbocycles. The molecule has 1 aliphatic rings. The molecule has 11 aromatic rings. The smallest absolute Gasteiger partial charge is 0.0714 e. The van der Waals surface area contributed by atoms with Crippen molar-refractivity contribution in [2.45, 2.75) is 5.41 Å². The van der Waals surface area contributed by atoms with Gasteiger partial charge in [0.05, 0.1) is 16.4 Å². The van der Waals surface area contributed by atoms with Crippen LogP contribution in [0.25, 0.3) is 65.7 Å². The Hall–Kier alpha value is -8.00. The van der Waals surface area contributed by atoms with Crippen LogP contribution in [0.1, 0.15) is 33.2 Å². The summed E-state index contributed by atoms with van der Waals surface area (Å²) in [4.78, 5) is 1.48. The molecule has 0 fully saturated rings. The average molecular weight is 796 g/mol. The Bertz CT molecular complexity index is 3870. The van der Waals surface area contributed by atoms with Crippen LogP contribution >= 0.6 is 0 Å². The molecule has 0 amide bonds. The molecule has 0 unspecified atom stereocenters. The molecule has 0 saturated heterocycles. The number of hydrogen-bond donors (Lipinski definition) is 0. The summed E-state index contributed by atoms with van der Waals surface area (Å²) in [6.45, 7) is 0. The fourth-order valence-corrected chi connectivity index (χ4v) is 9.78. The lowest BCUT2D eigenvalue weighted by Crippen LogP contribution is -2.28. The molecule has 0 heterocycles. The first kappa shape index (κ1) is 28.5. The number of hydrogen-bond acceptors (Lipinski definition) is 1. The Balaban J connectivity index is 1.20. The summed E-state index contributed by atoms with van der Waals surface area (Å²) in [6, 6.07) is 62.7. The van der Waals surface area contributed by atoms with Gasteiger partial charge < -0.3 is 4.90 Å². The quantitative estimate of drug-likeness (QED) is 0.145. The zero-order valence-electron chi connectivity index (χ0n) is 41.5. The van der Waals surface area contributed by atoms with Crippen molar-refractivity contribution in [3.05, 3.63) is 271 Å². The molecule has 0 aromatic heterocycles. The van der Waals surface area contributed by atoms with E-state index in [0.717, 1.165) is 65.7 Å². The predicted molar refractivity (Wildman–Crippen MR) is 262 cm³/mol. The van der Waals surface area contributed by atoms with Crippen LogP contribution in [0.2, 0.25) is 0 Å². The van der Waals surface area contributed by atoms with E-state index in [-0.39, 0.29) is 58.8 Å². The van der Waals surface area contributed by atoms with Crippen LogP contribution < -0.4 is 4.90 Å². The van der Waals surface area contributed by atoms with Crippen molar-refractivity contribution in [1.82, 2.24) is 0 Å². The molecular formula is C61H41N. The second-order valence-corrected chi connectivity index (χ2v) is 15.8. The number of rotatable bonds is 7. The van der Waals surface area contributed by atoms with Crippen molar-refractivity contribution in [3.63, 3.8) is 0 Å². The van der Waals surface area contributed by atoms with Crippen molar-refractivity contribution < 1.29 is 11.0 Å². The van der Waals surface area contributed by atoms with E-state index in [1.807, 2.05) is 164 Å². The number of anilines is 3. The van der Waals surface area contributed by atoms with Crippen LogP contribution in [-0.4, -0.2) is 0 Å². The maximum absolute atomic E-state index is 10.2. The maximum atomic E-state index is 10.2. The molecule has 0 spiro atoms. The highest BCUT2D eigenvalue weighted by Gasteiger charge is 2.46. The van der Waals surface area contributed by atoms with E-state index in [1.54, 1.807) is 0 Å². The monoisotopic (exact) mass is 795 g/mol. The van der Waals surface area contributed by atoms with Gasteiger partial charge in [0.1, 0.15) is 0 Å². The van der Waals surface area contributed by atoms with Crippen molar-refractivity contribution in [2.24, 2.45) is 0 Å². The van der Waals surface area contributed by atoms with Crippen molar-refractivity contribution in [1.29, 1.82) is 0 Å². The molecule has 12 rings (SSSR count). The van der Waals surface area contributed by atoms with Crippen LogP contribution in [-0.2, 0) is 5.41 Å². The Morgan fingerprint density at radius 2 is 0.935 bits per heavy atom. The summed E-state index contributed by atoms with van der Waals surface area (Å²) in [6.07, 6.45) is 0. The van der Waals surface area contributed by atoms with Crippen LogP contribution in [0, 0.1) is 0 Å². The molecular weight excluding hydrogens is 747 g/mol. The molecule has 0 saturated carbocycles. The van der Waals surface area contributed by atoms with Crippen molar-refractivity contribution >= 4 is 49.4 Å². The third kappa shape index (κ3) is 5.63. The van der Waals surface area contributed by atoms with Crippen molar-refractivity contribution in [3.8, 4) is 33.4 Å². The van der Waals surface area contributed by atoms with Crippen molar-refractivity contribution in [2.75, 3.05) is 4.90 Å². The molecule has 0 atom stereocenters. The van der Waals surface area contributed by atoms with Gasteiger partial charge in [-0.25, -0.2) is 0 Å². The molecule has 1 nitrogen and oxygen atoms in total. The lowest BCUT2D eigenvalue weighted by atomic mass is 9.67. The molecule has 0 radical (unpaired) electrons. The van der Waals surface area contributed by atoms with Crippen LogP contribution in [0.5, 0.6) is 0 Å². The van der Waals surface area contributed by atoms with E-state index in [9.17, 15) is 11.0 Å². The molecule has 0 N–H and O–H groups in total. The van der Waals surface area contributed by atoms with E-state index in [1.165, 1.54) is 4.90 Å². The highest BCUT2D eigenvalue weighted by molar-refractivity contribution is 6.13. The summed E-state index contributed by atoms with van der Waals surface area (Å²) in [5.41, 5.74) is 6.34. The van der Waals surface area contributed by atoms with E-state index in [0.29, 0.717) is 16.8 Å². The molecule has 1 aliphatic carbocycles. The summed E-state index contributed by atoms with van der Waals surface area (Å²) >= 11 is 0. The minimum absolute atomic E-state index is 0.115. The number of nitrogens with zero attached hydrogens (tertiary/aromatic N) is 1. The van der Waals surface area contributed by atoms with Crippen LogP contribution in [0.15, 0.2) is 249 Å². The highest BCUT2D eigenvalue weighted by atomic mass is 15.1. The van der Waals surface area contributed by atoms with Crippen LogP contribution in [0.4, 0.5) is 17.1 Å². The van der Waals surface area contributed by atoms with Gasteiger partial charge in [-0.2, -0.15) is 0 Å². The van der Waals surface area contributed by atoms with Crippen LogP contribution in [0.3, 0.4) is 0 Å². The third-order valence-electron chi connectivity index (χ3n) is 12.5. The Morgan fingerprint density at radius 1 is 0.339 bits per heavy atom. The lowest BCUT2D eigenvalue weighted by Gasteiger charge is -2.35. The second-order valence-electron chi connectivity index (χ2n) is 15.8. The normalized spacial score (nSPS) is 14.5. The van der Waals surface area contributed by atoms with E-state index in [2.05, 4.69) is 36.4 Å². The van der Waals surface area contributed by atoms with Gasteiger partial charge in [-0.05, 0) is 130 Å². The first-order valence-corrected chi connectivity index (χ1v) is 20.9. The zero-order valence-corrected chi connectivity index (χ0v) is 33.5. The van der Waals surface area contributed by atoms with E-state index in [4.69, 9.17) is 0 Å². The van der Waals surface area contributed by atoms with E-state index < -0.39 is 17.5 Å². The highest BCUT2D eigenvalue weighted by Crippen LogP contribution is 2.57.